The van der Waals surface area contributed by atoms with Gasteiger partial charge < -0.3 is 0 Å². The zero-order chi connectivity index (χ0) is 28.9. The van der Waals surface area contributed by atoms with Crippen LogP contribution in [0.5, 0.6) is 0 Å². The lowest BCUT2D eigenvalue weighted by Gasteiger charge is -2.22. The van der Waals surface area contributed by atoms with Gasteiger partial charge in [0.15, 0.2) is 4.96 Å². The maximum absolute atomic E-state index is 9.48. The van der Waals surface area contributed by atoms with E-state index in [0.717, 1.165) is 49.2 Å². The number of rotatable bonds is 2. The third-order valence-corrected chi connectivity index (χ3v) is 10.1. The van der Waals surface area contributed by atoms with Gasteiger partial charge in [0, 0.05) is 16.4 Å². The molecule has 0 atom stereocenters. The molecule has 0 N–H and O–H groups in total. The molecule has 4 nitrogen and oxygen atoms in total. The zero-order valence-electron chi connectivity index (χ0n) is 23.6. The predicted molar refractivity (Wildman–Crippen MR) is 177 cm³/mol. The molecule has 0 spiro atoms. The quantitative estimate of drug-likeness (QED) is 0.209. The second-order valence-electron chi connectivity index (χ2n) is 11.8. The van der Waals surface area contributed by atoms with Crippen LogP contribution in [0.15, 0.2) is 109 Å². The number of nitriles is 1. The van der Waals surface area contributed by atoms with Gasteiger partial charge in [0.25, 0.3) is 0 Å². The number of pyridine rings is 1. The first-order valence-electron chi connectivity index (χ1n) is 14.4. The molecule has 9 rings (SSSR count). The molecule has 0 amide bonds. The normalized spacial score (nSPS) is 13.5. The minimum atomic E-state index is -0.176. The van der Waals surface area contributed by atoms with Crippen molar-refractivity contribution < 1.29 is 0 Å². The summed E-state index contributed by atoms with van der Waals surface area (Å²) >= 11 is 1.71. The molecule has 3 aromatic heterocycles. The zero-order valence-corrected chi connectivity index (χ0v) is 24.4. The van der Waals surface area contributed by atoms with Gasteiger partial charge in [0.05, 0.1) is 33.1 Å². The third-order valence-electron chi connectivity index (χ3n) is 9.07. The van der Waals surface area contributed by atoms with Gasteiger partial charge in [-0.15, -0.1) is 0 Å². The number of para-hydroxylation sites is 2. The summed E-state index contributed by atoms with van der Waals surface area (Å²) in [5.74, 6) is 0. The van der Waals surface area contributed by atoms with E-state index in [1.54, 1.807) is 11.3 Å². The highest BCUT2D eigenvalue weighted by Crippen LogP contribution is 2.50. The van der Waals surface area contributed by atoms with E-state index in [9.17, 15) is 5.26 Å². The van der Waals surface area contributed by atoms with Crippen LogP contribution in [0, 0.1) is 11.3 Å². The molecule has 0 fully saturated rings. The van der Waals surface area contributed by atoms with Crippen molar-refractivity contribution in [3.63, 3.8) is 0 Å². The van der Waals surface area contributed by atoms with Crippen molar-refractivity contribution in [3.05, 3.63) is 126 Å². The van der Waals surface area contributed by atoms with E-state index in [-0.39, 0.29) is 5.41 Å². The third kappa shape index (κ3) is 3.36. The summed E-state index contributed by atoms with van der Waals surface area (Å²) in [5, 5.41) is 10.6. The van der Waals surface area contributed by atoms with Crippen molar-refractivity contribution in [2.24, 2.45) is 0 Å². The van der Waals surface area contributed by atoms with Gasteiger partial charge in [-0.25, -0.2) is 9.97 Å². The lowest BCUT2D eigenvalue weighted by atomic mass is 9.81. The molecule has 0 unspecified atom stereocenters. The maximum atomic E-state index is 9.48. The Bertz CT molecular complexity index is 2480. The van der Waals surface area contributed by atoms with E-state index >= 15 is 0 Å². The Morgan fingerprint density at radius 2 is 1.42 bits per heavy atom. The number of aromatic nitrogens is 3. The Hall–Kier alpha value is -5.31. The van der Waals surface area contributed by atoms with Crippen LogP contribution in [0.4, 0.5) is 0 Å². The van der Waals surface area contributed by atoms with Crippen molar-refractivity contribution in [1.82, 2.24) is 14.4 Å². The lowest BCUT2D eigenvalue weighted by Crippen LogP contribution is -2.15. The van der Waals surface area contributed by atoms with Gasteiger partial charge >= 0.3 is 0 Å². The van der Waals surface area contributed by atoms with Crippen LogP contribution in [0.25, 0.3) is 70.6 Å². The number of benzene rings is 5. The van der Waals surface area contributed by atoms with E-state index < -0.39 is 0 Å². The molecule has 43 heavy (non-hydrogen) atoms. The number of hydrogen-bond acceptors (Lipinski definition) is 4. The van der Waals surface area contributed by atoms with Crippen LogP contribution < -0.4 is 0 Å². The first-order valence-corrected chi connectivity index (χ1v) is 15.2. The number of imidazole rings is 1. The molecule has 8 aromatic rings. The van der Waals surface area contributed by atoms with Gasteiger partial charge in [-0.3, -0.25) is 4.40 Å². The monoisotopic (exact) mass is 568 g/mol. The van der Waals surface area contributed by atoms with E-state index in [2.05, 4.69) is 115 Å². The summed E-state index contributed by atoms with van der Waals surface area (Å²) in [4.78, 5) is 11.3. The summed E-state index contributed by atoms with van der Waals surface area (Å²) in [7, 11) is 0. The van der Waals surface area contributed by atoms with Crippen LogP contribution >= 0.6 is 11.3 Å². The molecule has 0 saturated carbocycles. The van der Waals surface area contributed by atoms with E-state index in [4.69, 9.17) is 9.97 Å². The van der Waals surface area contributed by atoms with Crippen molar-refractivity contribution in [3.8, 4) is 39.6 Å². The minimum Gasteiger partial charge on any atom is -0.281 e. The standard InChI is InChI=1S/C38H24N4S/c1-38(2)29-19-22(21-39)11-17-26(29)27-18-16-25(20-30(27)38)23-12-14-24(15-13-23)34-36-35(28-7-3-4-8-31(28)40-34)41-37-42(36)32-9-5-6-10-33(32)43-37/h3-20H,1-2H3. The van der Waals surface area contributed by atoms with E-state index in [0.29, 0.717) is 5.56 Å². The molecule has 5 aromatic carbocycles. The van der Waals surface area contributed by atoms with Gasteiger partial charge in [0.1, 0.15) is 11.0 Å². The smallest absolute Gasteiger partial charge is 0.195 e. The highest BCUT2D eigenvalue weighted by atomic mass is 32.1. The molecule has 1 aliphatic rings. The fourth-order valence-electron chi connectivity index (χ4n) is 6.88. The van der Waals surface area contributed by atoms with Crippen LogP contribution in [-0.4, -0.2) is 14.4 Å². The van der Waals surface area contributed by atoms with Crippen molar-refractivity contribution in [2.45, 2.75) is 19.3 Å². The average Bonchev–Trinajstić information content (AvgIpc) is 3.67. The topological polar surface area (TPSA) is 54.0 Å². The summed E-state index contributed by atoms with van der Waals surface area (Å²) in [6.07, 6.45) is 0. The molecule has 0 saturated heterocycles. The van der Waals surface area contributed by atoms with Crippen LogP contribution in [0.2, 0.25) is 0 Å². The Morgan fingerprint density at radius 1 is 0.721 bits per heavy atom. The Morgan fingerprint density at radius 3 is 2.26 bits per heavy atom. The van der Waals surface area contributed by atoms with Crippen LogP contribution in [0.3, 0.4) is 0 Å². The van der Waals surface area contributed by atoms with Crippen LogP contribution in [0.1, 0.15) is 30.5 Å². The molecule has 202 valence electrons. The Labute approximate surface area is 252 Å². The minimum absolute atomic E-state index is 0.176. The van der Waals surface area contributed by atoms with Gasteiger partial charge in [-0.1, -0.05) is 98.0 Å². The highest BCUT2D eigenvalue weighted by Gasteiger charge is 2.35. The molecular formula is C38H24N4S. The van der Waals surface area contributed by atoms with Crippen molar-refractivity contribution in [1.29, 1.82) is 5.26 Å². The molecule has 0 bridgehead atoms. The SMILES string of the molecule is CC1(C)c2cc(C#N)ccc2-c2ccc(-c3ccc(-c4nc5ccccc5c5nc6sc7ccccc7n6c45)cc3)cc21. The largest absolute Gasteiger partial charge is 0.281 e. The maximum Gasteiger partial charge on any atom is 0.195 e. The molecular weight excluding hydrogens is 545 g/mol. The predicted octanol–water partition coefficient (Wildman–Crippen LogP) is 9.76. The average molecular weight is 569 g/mol. The molecule has 5 heteroatoms. The van der Waals surface area contributed by atoms with Crippen LogP contribution in [-0.2, 0) is 5.41 Å². The Balaban J connectivity index is 1.20. The summed E-state index contributed by atoms with van der Waals surface area (Å²) in [6.45, 7) is 4.51. The van der Waals surface area contributed by atoms with Crippen molar-refractivity contribution in [2.75, 3.05) is 0 Å². The second-order valence-corrected chi connectivity index (χ2v) is 12.8. The number of nitrogens with zero attached hydrogens (tertiary/aromatic N) is 4. The first kappa shape index (κ1) is 24.3. The molecule has 0 aliphatic heterocycles. The fourth-order valence-corrected chi connectivity index (χ4v) is 7.90. The lowest BCUT2D eigenvalue weighted by molar-refractivity contribution is 0.660. The van der Waals surface area contributed by atoms with E-state index in [1.807, 2.05) is 18.2 Å². The number of hydrogen-bond donors (Lipinski definition) is 0. The van der Waals surface area contributed by atoms with Gasteiger partial charge in [0.2, 0.25) is 0 Å². The summed E-state index contributed by atoms with van der Waals surface area (Å²) < 4.78 is 3.49. The van der Waals surface area contributed by atoms with Crippen molar-refractivity contribution >= 4 is 48.5 Å². The summed E-state index contributed by atoms with van der Waals surface area (Å²) in [5.41, 5.74) is 14.0. The fraction of sp³-hybridized carbons (Fsp3) is 0.0789. The van der Waals surface area contributed by atoms with Gasteiger partial charge in [-0.05, 0) is 69.8 Å². The highest BCUT2D eigenvalue weighted by molar-refractivity contribution is 7.23. The Kier molecular flexibility index (Phi) is 4.86. The molecule has 1 aliphatic carbocycles. The summed E-state index contributed by atoms with van der Waals surface area (Å²) in [6, 6.07) is 40.7. The number of thiazole rings is 1. The second kappa shape index (κ2) is 8.61. The number of fused-ring (bicyclic) bond motifs is 10. The first-order chi connectivity index (χ1) is 21.0. The van der Waals surface area contributed by atoms with E-state index in [1.165, 1.54) is 32.5 Å². The molecule has 0 radical (unpaired) electrons. The van der Waals surface area contributed by atoms with Gasteiger partial charge in [-0.2, -0.15) is 5.26 Å². The molecule has 3 heterocycles.